The maximum absolute atomic E-state index is 7.97. The Kier molecular flexibility index (Phi) is 5.19. The molecule has 0 spiro atoms. The van der Waals surface area contributed by atoms with E-state index in [0.29, 0.717) is 12.8 Å². The highest BCUT2D eigenvalue weighted by molar-refractivity contribution is 5.15. The van der Waals surface area contributed by atoms with Gasteiger partial charge >= 0.3 is 0 Å². The first kappa shape index (κ1) is 12.6. The zero-order chi connectivity index (χ0) is 16.0. The second kappa shape index (κ2) is 8.23. The minimum Gasteiger partial charge on any atom is -0.353 e. The molecule has 0 amide bonds. The van der Waals surface area contributed by atoms with Crippen LogP contribution < -0.4 is 0 Å². The number of hydrogen-bond donors (Lipinski definition) is 0. The van der Waals surface area contributed by atoms with Crippen LogP contribution in [0.1, 0.15) is 47.3 Å². The van der Waals surface area contributed by atoms with Crippen molar-refractivity contribution in [1.29, 1.82) is 0 Å². The van der Waals surface area contributed by atoms with Crippen molar-refractivity contribution in [2.75, 3.05) is 6.56 Å². The lowest BCUT2D eigenvalue weighted by Gasteiger charge is -2.30. The summed E-state index contributed by atoms with van der Waals surface area (Å²) < 4.78 is 27.4. The molecule has 2 atom stereocenters. The molecular weight excluding hydrogens is 248 g/mol. The number of rotatable bonds is 7. The van der Waals surface area contributed by atoms with E-state index in [1.54, 1.807) is 0 Å². The molecule has 0 aromatic heterocycles. The Bertz CT molecular complexity index is 473. The highest BCUT2D eigenvalue weighted by atomic mass is 16.7. The molecule has 2 heteroatoms. The third-order valence-corrected chi connectivity index (χ3v) is 3.48. The van der Waals surface area contributed by atoms with E-state index in [4.69, 9.17) is 12.2 Å². The number of hydrogen-bond acceptors (Lipinski definition) is 2. The van der Waals surface area contributed by atoms with E-state index in [1.807, 2.05) is 25.1 Å². The van der Waals surface area contributed by atoms with Gasteiger partial charge in [-0.3, -0.25) is 0 Å². The Labute approximate surface area is 125 Å². The third-order valence-electron chi connectivity index (χ3n) is 3.48. The van der Waals surface area contributed by atoms with E-state index in [2.05, 4.69) is 18.7 Å². The smallest absolute Gasteiger partial charge is 0.157 e. The lowest BCUT2D eigenvalue weighted by Crippen LogP contribution is -2.31. The zero-order valence-corrected chi connectivity index (χ0v) is 12.3. The molecule has 20 heavy (non-hydrogen) atoms. The van der Waals surface area contributed by atoms with Crippen molar-refractivity contribution >= 4 is 0 Å². The number of benzene rings is 1. The van der Waals surface area contributed by atoms with Gasteiger partial charge in [-0.1, -0.05) is 35.9 Å². The molecule has 1 aromatic rings. The normalized spacial score (nSPS) is 24.9. The Morgan fingerprint density at radius 1 is 1.40 bits per heavy atom. The summed E-state index contributed by atoms with van der Waals surface area (Å²) in [6.45, 7) is 4.06. The molecule has 110 valence electrons. The van der Waals surface area contributed by atoms with Gasteiger partial charge in [0.05, 0.1) is 15.4 Å². The quantitative estimate of drug-likeness (QED) is 0.683. The predicted octanol–water partition coefficient (Wildman–Crippen LogP) is 4.50. The van der Waals surface area contributed by atoms with Crippen molar-refractivity contribution in [2.24, 2.45) is 0 Å². The lowest BCUT2D eigenvalue weighted by molar-refractivity contribution is -0.193. The van der Waals surface area contributed by atoms with Crippen LogP contribution in [0.15, 0.2) is 42.5 Å². The molecule has 0 aliphatic carbocycles. The van der Waals surface area contributed by atoms with Gasteiger partial charge in [0.25, 0.3) is 0 Å². The van der Waals surface area contributed by atoms with E-state index in [0.717, 1.165) is 31.3 Å². The van der Waals surface area contributed by atoms with Crippen LogP contribution >= 0.6 is 0 Å². The monoisotopic (exact) mass is 276 g/mol. The van der Waals surface area contributed by atoms with Gasteiger partial charge in [0.15, 0.2) is 6.29 Å². The fourth-order valence-corrected chi connectivity index (χ4v) is 2.39. The Morgan fingerprint density at radius 2 is 2.20 bits per heavy atom. The maximum Gasteiger partial charge on any atom is 0.157 e. The van der Waals surface area contributed by atoms with E-state index in [-0.39, 0.29) is 6.10 Å². The molecule has 0 N–H and O–H groups in total. The van der Waals surface area contributed by atoms with Gasteiger partial charge in [0, 0.05) is 0 Å². The fourth-order valence-electron chi connectivity index (χ4n) is 2.39. The minimum absolute atomic E-state index is 0.109. The summed E-state index contributed by atoms with van der Waals surface area (Å²) >= 11 is 0. The van der Waals surface area contributed by atoms with Gasteiger partial charge in [0.1, 0.15) is 0 Å². The summed E-state index contributed by atoms with van der Waals surface area (Å²) in [6, 6.07) is 10.3. The van der Waals surface area contributed by atoms with Gasteiger partial charge < -0.3 is 9.47 Å². The molecule has 1 heterocycles. The summed E-state index contributed by atoms with van der Waals surface area (Å²) in [5, 5.41) is 0. The van der Waals surface area contributed by atoms with Crippen LogP contribution in [0.4, 0.5) is 0 Å². The second-order valence-electron chi connectivity index (χ2n) is 5.53. The molecule has 0 bridgehead atoms. The maximum atomic E-state index is 7.97. The van der Waals surface area contributed by atoms with Crippen molar-refractivity contribution in [3.8, 4) is 0 Å². The first-order valence-electron chi connectivity index (χ1n) is 8.46. The summed E-state index contributed by atoms with van der Waals surface area (Å²) in [5.41, 5.74) is 2.22. The standard InChI is InChI=1S/C18H26O2/c1-15(2)8-7-13-19-18-12-6-11-17(20-18)14-16-9-4-3-5-10-16/h3-5,9-10,17-18H,1,6-8,11-14H2,2H3/t17-,18+/m0/s1/i13D2. The highest BCUT2D eigenvalue weighted by Gasteiger charge is 2.22. The van der Waals surface area contributed by atoms with Crippen LogP contribution in [-0.4, -0.2) is 19.0 Å². The SMILES string of the molecule is [2H]C([2H])(CCC(=C)C)O[C@H]1CCC[C@@H](Cc2ccccc2)O1. The van der Waals surface area contributed by atoms with Crippen LogP contribution in [0, 0.1) is 0 Å². The topological polar surface area (TPSA) is 18.5 Å². The number of allylic oxidation sites excluding steroid dienone is 1. The molecule has 2 rings (SSSR count). The van der Waals surface area contributed by atoms with E-state index in [9.17, 15) is 0 Å². The molecule has 2 nitrogen and oxygen atoms in total. The van der Waals surface area contributed by atoms with Gasteiger partial charge in [-0.15, -0.1) is 6.58 Å². The van der Waals surface area contributed by atoms with Crippen molar-refractivity contribution < 1.29 is 12.2 Å². The van der Waals surface area contributed by atoms with E-state index >= 15 is 0 Å². The van der Waals surface area contributed by atoms with Crippen molar-refractivity contribution in [1.82, 2.24) is 0 Å². The first-order valence-corrected chi connectivity index (χ1v) is 7.46. The Balaban J connectivity index is 1.83. The highest BCUT2D eigenvalue weighted by Crippen LogP contribution is 2.23. The summed E-state index contributed by atoms with van der Waals surface area (Å²) in [5.74, 6) is 0. The molecule has 1 aromatic carbocycles. The van der Waals surface area contributed by atoms with E-state index < -0.39 is 12.8 Å². The van der Waals surface area contributed by atoms with Gasteiger partial charge in [-0.25, -0.2) is 0 Å². The molecule has 0 unspecified atom stereocenters. The van der Waals surface area contributed by atoms with Gasteiger partial charge in [0.2, 0.25) is 0 Å². The van der Waals surface area contributed by atoms with Crippen LogP contribution in [0.2, 0.25) is 0 Å². The van der Waals surface area contributed by atoms with Crippen molar-refractivity contribution in [3.05, 3.63) is 48.0 Å². The molecule has 1 aliphatic rings. The van der Waals surface area contributed by atoms with Crippen molar-refractivity contribution in [3.63, 3.8) is 0 Å². The van der Waals surface area contributed by atoms with Crippen LogP contribution in [0.5, 0.6) is 0 Å². The molecule has 1 fully saturated rings. The Morgan fingerprint density at radius 3 is 2.95 bits per heavy atom. The summed E-state index contributed by atoms with van der Waals surface area (Å²) in [6.07, 6.45) is 4.26. The molecule has 0 radical (unpaired) electrons. The summed E-state index contributed by atoms with van der Waals surface area (Å²) in [4.78, 5) is 0. The van der Waals surface area contributed by atoms with Crippen molar-refractivity contribution in [2.45, 2.75) is 57.8 Å². The first-order chi connectivity index (χ1) is 10.4. The number of ether oxygens (including phenoxy) is 2. The lowest BCUT2D eigenvalue weighted by atomic mass is 10.0. The largest absolute Gasteiger partial charge is 0.353 e. The third kappa shape index (κ3) is 5.48. The van der Waals surface area contributed by atoms with Crippen LogP contribution in [0.3, 0.4) is 0 Å². The molecule has 0 saturated carbocycles. The summed E-state index contributed by atoms with van der Waals surface area (Å²) in [7, 11) is 0. The zero-order valence-electron chi connectivity index (χ0n) is 14.3. The minimum atomic E-state index is -1.65. The predicted molar refractivity (Wildman–Crippen MR) is 82.7 cm³/mol. The molecule has 1 aliphatic heterocycles. The molecule has 1 saturated heterocycles. The second-order valence-corrected chi connectivity index (χ2v) is 5.53. The molecular formula is C18H26O2. The van der Waals surface area contributed by atoms with Gasteiger partial charge in [-0.2, -0.15) is 0 Å². The average Bonchev–Trinajstić information content (AvgIpc) is 2.46. The van der Waals surface area contributed by atoms with E-state index in [1.165, 1.54) is 5.56 Å². The average molecular weight is 276 g/mol. The Hall–Kier alpha value is -1.12. The van der Waals surface area contributed by atoms with Crippen LogP contribution in [0.25, 0.3) is 0 Å². The van der Waals surface area contributed by atoms with Crippen LogP contribution in [-0.2, 0) is 15.9 Å². The fraction of sp³-hybridized carbons (Fsp3) is 0.556. The van der Waals surface area contributed by atoms with Gasteiger partial charge in [-0.05, 0) is 51.0 Å².